The van der Waals surface area contributed by atoms with Crippen LogP contribution in [0.4, 0.5) is 0 Å². The number of phosphoric ester groups is 1. The van der Waals surface area contributed by atoms with Gasteiger partial charge in [0.25, 0.3) is 0 Å². The molecule has 9 nitrogen and oxygen atoms in total. The summed E-state index contributed by atoms with van der Waals surface area (Å²) >= 11 is 0. The standard InChI is InChI=1S/C32H62NO8P/c1-3-5-7-9-11-13-15-17-18-20-22-24-31(34)38-28-30(29-40-42(36,37)39-27-26-33)41-32(35)25-23-21-19-16-14-12-10-8-6-4-2/h9,11,30H,3-8,10,12-29,33H2,1-2H3,(H,36,37)/b11-9+/t30-/m1/s1. The highest BCUT2D eigenvalue weighted by Crippen LogP contribution is 2.43. The van der Waals surface area contributed by atoms with E-state index in [-0.39, 0.29) is 32.6 Å². The second kappa shape index (κ2) is 29.8. The molecule has 1 unspecified atom stereocenters. The second-order valence-corrected chi connectivity index (χ2v) is 12.5. The molecular weight excluding hydrogens is 557 g/mol. The van der Waals surface area contributed by atoms with E-state index in [2.05, 4.69) is 26.0 Å². The van der Waals surface area contributed by atoms with Crippen LogP contribution in [-0.2, 0) is 32.7 Å². The first-order chi connectivity index (χ1) is 20.3. The maximum atomic E-state index is 12.4. The van der Waals surface area contributed by atoms with Gasteiger partial charge in [0.1, 0.15) is 6.61 Å². The molecule has 0 aromatic carbocycles. The van der Waals surface area contributed by atoms with Crippen molar-refractivity contribution in [2.45, 2.75) is 155 Å². The van der Waals surface area contributed by atoms with E-state index in [1.165, 1.54) is 57.8 Å². The first kappa shape index (κ1) is 40.8. The maximum Gasteiger partial charge on any atom is 0.472 e. The number of rotatable bonds is 31. The molecule has 0 saturated heterocycles. The fourth-order valence-electron chi connectivity index (χ4n) is 4.38. The lowest BCUT2D eigenvalue weighted by Crippen LogP contribution is -2.29. The molecule has 0 radical (unpaired) electrons. The molecule has 42 heavy (non-hydrogen) atoms. The molecule has 0 rings (SSSR count). The minimum Gasteiger partial charge on any atom is -0.462 e. The summed E-state index contributed by atoms with van der Waals surface area (Å²) in [4.78, 5) is 34.4. The first-order valence-electron chi connectivity index (χ1n) is 16.7. The molecule has 3 N–H and O–H groups in total. The lowest BCUT2D eigenvalue weighted by molar-refractivity contribution is -0.161. The average Bonchev–Trinajstić information content (AvgIpc) is 2.97. The van der Waals surface area contributed by atoms with Gasteiger partial charge in [0.2, 0.25) is 0 Å². The first-order valence-corrected chi connectivity index (χ1v) is 18.2. The van der Waals surface area contributed by atoms with Crippen LogP contribution in [0.1, 0.15) is 149 Å². The van der Waals surface area contributed by atoms with Crippen molar-refractivity contribution in [1.29, 1.82) is 0 Å². The lowest BCUT2D eigenvalue weighted by atomic mass is 10.1. The van der Waals surface area contributed by atoms with Gasteiger partial charge in [-0.25, -0.2) is 4.57 Å². The van der Waals surface area contributed by atoms with Gasteiger partial charge in [0.05, 0.1) is 13.2 Å². The van der Waals surface area contributed by atoms with Crippen molar-refractivity contribution in [1.82, 2.24) is 0 Å². The van der Waals surface area contributed by atoms with Crippen molar-refractivity contribution in [3.8, 4) is 0 Å². The third-order valence-corrected chi connectivity index (χ3v) is 7.89. The van der Waals surface area contributed by atoms with Crippen LogP contribution < -0.4 is 5.73 Å². The van der Waals surface area contributed by atoms with Crippen LogP contribution in [0, 0.1) is 0 Å². The zero-order valence-corrected chi connectivity index (χ0v) is 27.6. The summed E-state index contributed by atoms with van der Waals surface area (Å²) in [5.74, 6) is -0.841. The van der Waals surface area contributed by atoms with Gasteiger partial charge >= 0.3 is 19.8 Å². The zero-order chi connectivity index (χ0) is 31.2. The summed E-state index contributed by atoms with van der Waals surface area (Å²) in [5.41, 5.74) is 5.31. The predicted octanol–water partition coefficient (Wildman–Crippen LogP) is 8.32. The summed E-state index contributed by atoms with van der Waals surface area (Å²) in [6.07, 6.45) is 25.3. The Morgan fingerprint density at radius 1 is 0.690 bits per heavy atom. The van der Waals surface area contributed by atoms with Gasteiger partial charge in [-0.05, 0) is 32.1 Å². The Balaban J connectivity index is 4.30. The lowest BCUT2D eigenvalue weighted by Gasteiger charge is -2.19. The van der Waals surface area contributed by atoms with Crippen molar-refractivity contribution in [3.63, 3.8) is 0 Å². The fourth-order valence-corrected chi connectivity index (χ4v) is 5.14. The minimum absolute atomic E-state index is 0.0545. The molecule has 0 spiro atoms. The zero-order valence-electron chi connectivity index (χ0n) is 26.7. The van der Waals surface area contributed by atoms with Crippen molar-refractivity contribution >= 4 is 19.8 Å². The van der Waals surface area contributed by atoms with E-state index in [4.69, 9.17) is 24.3 Å². The van der Waals surface area contributed by atoms with E-state index in [0.29, 0.717) is 6.42 Å². The number of carbonyl (C=O) groups excluding carboxylic acids is 2. The number of hydrogen-bond acceptors (Lipinski definition) is 8. The highest BCUT2D eigenvalue weighted by Gasteiger charge is 2.25. The number of unbranched alkanes of at least 4 members (excludes halogenated alkanes) is 16. The van der Waals surface area contributed by atoms with Crippen LogP contribution in [-0.4, -0.2) is 49.3 Å². The molecule has 2 atom stereocenters. The van der Waals surface area contributed by atoms with E-state index in [1.807, 2.05) is 0 Å². The van der Waals surface area contributed by atoms with Crippen molar-refractivity contribution in [2.24, 2.45) is 5.73 Å². The quantitative estimate of drug-likeness (QED) is 0.0340. The van der Waals surface area contributed by atoms with Crippen LogP contribution in [0.5, 0.6) is 0 Å². The Bertz CT molecular complexity index is 719. The topological polar surface area (TPSA) is 134 Å². The molecule has 0 heterocycles. The molecule has 0 aromatic heterocycles. The highest BCUT2D eigenvalue weighted by molar-refractivity contribution is 7.47. The molecular formula is C32H62NO8P. The largest absolute Gasteiger partial charge is 0.472 e. The highest BCUT2D eigenvalue weighted by atomic mass is 31.2. The number of nitrogens with two attached hydrogens (primary N) is 1. The SMILES string of the molecule is CCCC/C=C/CCCCCCCC(=O)OC[C@H](COP(=O)(O)OCCN)OC(=O)CCCCCCCCCCCC. The molecule has 0 saturated carbocycles. The van der Waals surface area contributed by atoms with E-state index < -0.39 is 32.5 Å². The molecule has 0 bridgehead atoms. The third-order valence-electron chi connectivity index (χ3n) is 6.90. The van der Waals surface area contributed by atoms with Crippen molar-refractivity contribution in [3.05, 3.63) is 12.2 Å². The average molecular weight is 620 g/mol. The van der Waals surface area contributed by atoms with Gasteiger partial charge in [0, 0.05) is 19.4 Å². The van der Waals surface area contributed by atoms with Gasteiger partial charge in [0.15, 0.2) is 6.10 Å². The summed E-state index contributed by atoms with van der Waals surface area (Å²) in [6, 6.07) is 0. The van der Waals surface area contributed by atoms with Crippen LogP contribution in [0.2, 0.25) is 0 Å². The maximum absolute atomic E-state index is 12.4. The Kier molecular flexibility index (Phi) is 28.9. The number of ether oxygens (including phenoxy) is 2. The van der Waals surface area contributed by atoms with Crippen LogP contribution >= 0.6 is 7.82 Å². The van der Waals surface area contributed by atoms with E-state index >= 15 is 0 Å². The summed E-state index contributed by atoms with van der Waals surface area (Å²) in [5, 5.41) is 0. The van der Waals surface area contributed by atoms with Gasteiger partial charge in [-0.3, -0.25) is 18.6 Å². The number of allylic oxidation sites excluding steroid dienone is 2. The Morgan fingerprint density at radius 2 is 1.19 bits per heavy atom. The number of hydrogen-bond donors (Lipinski definition) is 2. The molecule has 0 fully saturated rings. The van der Waals surface area contributed by atoms with Gasteiger partial charge < -0.3 is 20.1 Å². The molecule has 0 aromatic rings. The third kappa shape index (κ3) is 28.9. The number of esters is 2. The van der Waals surface area contributed by atoms with E-state index in [1.54, 1.807) is 0 Å². The Hall–Kier alpha value is -1.25. The predicted molar refractivity (Wildman–Crippen MR) is 169 cm³/mol. The molecule has 10 heteroatoms. The van der Waals surface area contributed by atoms with E-state index in [9.17, 15) is 19.0 Å². The smallest absolute Gasteiger partial charge is 0.462 e. The minimum atomic E-state index is -4.36. The molecule has 248 valence electrons. The summed E-state index contributed by atoms with van der Waals surface area (Å²) in [7, 11) is -4.36. The molecule has 0 aliphatic carbocycles. The summed E-state index contributed by atoms with van der Waals surface area (Å²) in [6.45, 7) is 3.64. The molecule has 0 aliphatic rings. The Labute approximate surface area is 256 Å². The molecule has 0 amide bonds. The van der Waals surface area contributed by atoms with Gasteiger partial charge in [-0.2, -0.15) is 0 Å². The fraction of sp³-hybridized carbons (Fsp3) is 0.875. The van der Waals surface area contributed by atoms with Crippen LogP contribution in [0.25, 0.3) is 0 Å². The van der Waals surface area contributed by atoms with Crippen LogP contribution in [0.3, 0.4) is 0 Å². The normalized spacial score (nSPS) is 13.7. The number of phosphoric acid groups is 1. The second-order valence-electron chi connectivity index (χ2n) is 11.0. The Morgan fingerprint density at radius 3 is 1.76 bits per heavy atom. The van der Waals surface area contributed by atoms with Crippen molar-refractivity contribution < 1.29 is 37.6 Å². The van der Waals surface area contributed by atoms with Crippen LogP contribution in [0.15, 0.2) is 12.2 Å². The van der Waals surface area contributed by atoms with Gasteiger partial charge in [-0.1, -0.05) is 116 Å². The van der Waals surface area contributed by atoms with E-state index in [0.717, 1.165) is 57.8 Å². The molecule has 0 aliphatic heterocycles. The monoisotopic (exact) mass is 619 g/mol. The summed E-state index contributed by atoms with van der Waals surface area (Å²) < 4.78 is 32.4. The number of carbonyl (C=O) groups is 2. The van der Waals surface area contributed by atoms with Crippen molar-refractivity contribution in [2.75, 3.05) is 26.4 Å². The van der Waals surface area contributed by atoms with Gasteiger partial charge in [-0.15, -0.1) is 0 Å².